The zero-order chi connectivity index (χ0) is 40.6. The molecule has 286 valence electrons. The lowest BCUT2D eigenvalue weighted by Gasteiger charge is -2.17. The van der Waals surface area contributed by atoms with Crippen molar-refractivity contribution >= 4 is 10.1 Å². The Morgan fingerprint density at radius 1 is 0.554 bits per heavy atom. The molecule has 0 saturated heterocycles. The van der Waals surface area contributed by atoms with E-state index in [-0.39, 0.29) is 22.8 Å². The number of benzene rings is 6. The van der Waals surface area contributed by atoms with Gasteiger partial charge in [0.2, 0.25) is 34.8 Å². The molecule has 0 bridgehead atoms. The monoisotopic (exact) mass is 798 g/mol. The minimum absolute atomic E-state index is 0.0608. The molecule has 1 N–H and O–H groups in total. The number of halogens is 8. The van der Waals surface area contributed by atoms with Crippen molar-refractivity contribution in [1.82, 2.24) is 0 Å². The number of terminal acetylenes is 1. The van der Waals surface area contributed by atoms with E-state index >= 15 is 35.1 Å². The summed E-state index contributed by atoms with van der Waals surface area (Å²) in [5.41, 5.74) is -2.23. The van der Waals surface area contributed by atoms with Crippen molar-refractivity contribution < 1.29 is 67.0 Å². The number of rotatable bonds is 10. The summed E-state index contributed by atoms with van der Waals surface area (Å²) < 4.78 is 178. The Bertz CT molecular complexity index is 2620. The number of hydrogen-bond acceptors (Lipinski definition) is 6. The second-order valence-corrected chi connectivity index (χ2v) is 13.1. The summed E-state index contributed by atoms with van der Waals surface area (Å²) in [5.74, 6) is -22.4. The first-order chi connectivity index (χ1) is 26.5. The molecule has 0 aliphatic carbocycles. The molecule has 6 aromatic carbocycles. The van der Waals surface area contributed by atoms with Gasteiger partial charge < -0.3 is 18.9 Å². The van der Waals surface area contributed by atoms with Gasteiger partial charge in [-0.3, -0.25) is 4.55 Å². The molecule has 0 fully saturated rings. The van der Waals surface area contributed by atoms with Crippen LogP contribution in [0, 0.1) is 65.8 Å². The van der Waals surface area contributed by atoms with Crippen LogP contribution in [0.4, 0.5) is 35.1 Å². The normalized spacial score (nSPS) is 11.2. The van der Waals surface area contributed by atoms with E-state index in [1.165, 1.54) is 43.5 Å². The van der Waals surface area contributed by atoms with Crippen molar-refractivity contribution in [2.24, 2.45) is 0 Å². The fourth-order valence-electron chi connectivity index (χ4n) is 5.37. The topological polar surface area (TPSA) is 91.3 Å². The van der Waals surface area contributed by atoms with Crippen molar-refractivity contribution in [3.05, 3.63) is 143 Å². The second-order valence-electron chi connectivity index (χ2n) is 11.7. The van der Waals surface area contributed by atoms with Gasteiger partial charge in [0, 0.05) is 6.07 Å². The maximum Gasteiger partial charge on any atom is 0.298 e. The SMILES string of the molecule is C#Cc1ccc(C)cc1Oc1ccc(Oc2c(F)c(F)c(-c3c(F)c(F)c(Oc4ccc(-c5ccc(OC)cc5)cc4)c(F)c3F)c(F)c2F)c(S(=O)(=O)O)c1. The van der Waals surface area contributed by atoms with E-state index in [4.69, 9.17) is 25.4 Å². The summed E-state index contributed by atoms with van der Waals surface area (Å²) in [6, 6.07) is 18.9. The van der Waals surface area contributed by atoms with Crippen LogP contribution < -0.4 is 18.9 Å². The first kappa shape index (κ1) is 39.1. The van der Waals surface area contributed by atoms with Gasteiger partial charge in [0.1, 0.15) is 33.6 Å². The van der Waals surface area contributed by atoms with Crippen molar-refractivity contribution in [1.29, 1.82) is 0 Å². The van der Waals surface area contributed by atoms with Gasteiger partial charge in [-0.2, -0.15) is 26.0 Å². The largest absolute Gasteiger partial charge is 0.497 e. The first-order valence-corrected chi connectivity index (χ1v) is 17.2. The Balaban J connectivity index is 1.34. The molecule has 0 aliphatic heterocycles. The molecular weight excluding hydrogens is 776 g/mol. The fourth-order valence-corrected chi connectivity index (χ4v) is 6.00. The number of hydrogen-bond donors (Lipinski definition) is 1. The zero-order valence-electron chi connectivity index (χ0n) is 28.5. The van der Waals surface area contributed by atoms with Crippen molar-refractivity contribution in [3.8, 4) is 74.8 Å². The fraction of sp³-hybridized carbons (Fsp3) is 0.0500. The summed E-state index contributed by atoms with van der Waals surface area (Å²) in [6.07, 6.45) is 5.45. The molecule has 56 heavy (non-hydrogen) atoms. The maximum absolute atomic E-state index is 15.4. The van der Waals surface area contributed by atoms with Gasteiger partial charge in [0.05, 0.1) is 23.8 Å². The van der Waals surface area contributed by atoms with E-state index in [9.17, 15) is 13.0 Å². The number of aryl methyl sites for hydroxylation is 1. The van der Waals surface area contributed by atoms with Gasteiger partial charge >= 0.3 is 0 Å². The number of methoxy groups -OCH3 is 1. The lowest BCUT2D eigenvalue weighted by molar-refractivity contribution is 0.356. The van der Waals surface area contributed by atoms with Crippen LogP contribution in [0.3, 0.4) is 0 Å². The highest BCUT2D eigenvalue weighted by Gasteiger charge is 2.36. The lowest BCUT2D eigenvalue weighted by atomic mass is 10.0. The Labute approximate surface area is 313 Å². The summed E-state index contributed by atoms with van der Waals surface area (Å²) in [5, 5.41) is 0. The van der Waals surface area contributed by atoms with Crippen LogP contribution in [0.2, 0.25) is 0 Å². The van der Waals surface area contributed by atoms with Crippen LogP contribution in [0.1, 0.15) is 11.1 Å². The van der Waals surface area contributed by atoms with Crippen LogP contribution in [0.25, 0.3) is 22.3 Å². The van der Waals surface area contributed by atoms with Crippen molar-refractivity contribution in [2.75, 3.05) is 7.11 Å². The quantitative estimate of drug-likeness (QED) is 0.0639. The third-order valence-electron chi connectivity index (χ3n) is 8.12. The molecule has 7 nitrogen and oxygen atoms in total. The highest BCUT2D eigenvalue weighted by atomic mass is 32.2. The van der Waals surface area contributed by atoms with E-state index in [2.05, 4.69) is 5.92 Å². The van der Waals surface area contributed by atoms with Gasteiger partial charge in [-0.25, -0.2) is 17.6 Å². The van der Waals surface area contributed by atoms with Gasteiger partial charge in [0.15, 0.2) is 23.3 Å². The molecule has 0 amide bonds. The predicted octanol–water partition coefficient (Wildman–Crippen LogP) is 11.1. The Morgan fingerprint density at radius 2 is 1.02 bits per heavy atom. The molecule has 0 heterocycles. The van der Waals surface area contributed by atoms with Crippen molar-refractivity contribution in [3.63, 3.8) is 0 Å². The highest BCUT2D eigenvalue weighted by Crippen LogP contribution is 2.44. The van der Waals surface area contributed by atoms with Gasteiger partial charge in [0.25, 0.3) is 10.1 Å². The van der Waals surface area contributed by atoms with E-state index in [1.807, 2.05) is 0 Å². The molecule has 0 radical (unpaired) electrons. The zero-order valence-corrected chi connectivity index (χ0v) is 29.3. The summed E-state index contributed by atoms with van der Waals surface area (Å²) in [7, 11) is -3.86. The molecule has 6 aromatic rings. The average molecular weight is 799 g/mol. The van der Waals surface area contributed by atoms with Crippen LogP contribution >= 0.6 is 0 Å². The standard InChI is InChI=1S/C40H22F8O7S/c1-4-20-6-5-19(2)17-27(20)53-25-15-16-26(28(18-25)56(49,50)51)55-40-37(47)33(43)30(34(44)38(40)48)29-31(41)35(45)39(36(46)32(29)42)54-24-13-9-22(10-14-24)21-7-11-23(52-3)12-8-21/h1,5-18H,2-3H3,(H,49,50,51). The van der Waals surface area contributed by atoms with Crippen LogP contribution in [0.15, 0.2) is 89.8 Å². The Kier molecular flexibility index (Phi) is 10.7. The third kappa shape index (κ3) is 7.41. The van der Waals surface area contributed by atoms with Gasteiger partial charge in [-0.15, -0.1) is 6.42 Å². The maximum atomic E-state index is 15.4. The molecule has 0 spiro atoms. The van der Waals surface area contributed by atoms with Crippen LogP contribution in [0.5, 0.6) is 40.2 Å². The predicted molar refractivity (Wildman–Crippen MR) is 186 cm³/mol. The summed E-state index contributed by atoms with van der Waals surface area (Å²) >= 11 is 0. The molecular formula is C40H22F8O7S. The average Bonchev–Trinajstić information content (AvgIpc) is 3.18. The van der Waals surface area contributed by atoms with Crippen LogP contribution in [-0.2, 0) is 10.1 Å². The summed E-state index contributed by atoms with van der Waals surface area (Å²) in [6.45, 7) is 1.69. The molecule has 16 heteroatoms. The summed E-state index contributed by atoms with van der Waals surface area (Å²) in [4.78, 5) is -1.22. The minimum Gasteiger partial charge on any atom is -0.497 e. The van der Waals surface area contributed by atoms with E-state index in [1.54, 1.807) is 37.3 Å². The highest BCUT2D eigenvalue weighted by molar-refractivity contribution is 7.86. The molecule has 0 atom stereocenters. The number of ether oxygens (including phenoxy) is 4. The molecule has 0 unspecified atom stereocenters. The van der Waals surface area contributed by atoms with E-state index < -0.39 is 89.9 Å². The van der Waals surface area contributed by atoms with Gasteiger partial charge in [-0.05, 0) is 72.1 Å². The molecule has 0 aromatic heterocycles. The third-order valence-corrected chi connectivity index (χ3v) is 8.99. The Morgan fingerprint density at radius 3 is 1.48 bits per heavy atom. The van der Waals surface area contributed by atoms with Crippen molar-refractivity contribution in [2.45, 2.75) is 11.8 Å². The Hall–Kier alpha value is -6.57. The lowest BCUT2D eigenvalue weighted by Crippen LogP contribution is -2.10. The van der Waals surface area contributed by atoms with E-state index in [0.717, 1.165) is 6.07 Å². The molecule has 0 saturated carbocycles. The van der Waals surface area contributed by atoms with Crippen LogP contribution in [-0.4, -0.2) is 20.1 Å². The molecule has 0 aliphatic rings. The molecule has 6 rings (SSSR count). The smallest absolute Gasteiger partial charge is 0.298 e. The minimum atomic E-state index is -5.33. The van der Waals surface area contributed by atoms with E-state index in [0.29, 0.717) is 34.6 Å². The first-order valence-electron chi connectivity index (χ1n) is 15.7. The van der Waals surface area contributed by atoms with Gasteiger partial charge in [-0.1, -0.05) is 36.3 Å². The second kappa shape index (κ2) is 15.3.